The molecule has 0 aliphatic heterocycles. The molecule has 1 aromatic rings. The minimum atomic E-state index is -3.07. The number of hydrogen-bond donors (Lipinski definition) is 1. The van der Waals surface area contributed by atoms with Gasteiger partial charge in [0.1, 0.15) is 0 Å². The third-order valence-corrected chi connectivity index (χ3v) is 3.58. The van der Waals surface area contributed by atoms with Crippen molar-refractivity contribution in [3.05, 3.63) is 12.4 Å². The second-order valence-corrected chi connectivity index (χ2v) is 5.43. The Hall–Kier alpha value is -1.08. The second kappa shape index (κ2) is 5.13. The number of aromatic nitrogens is 2. The average molecular weight is 233 g/mol. The molecule has 1 rings (SSSR count). The summed E-state index contributed by atoms with van der Waals surface area (Å²) in [5.41, 5.74) is 5.50. The van der Waals surface area contributed by atoms with Crippen molar-refractivity contribution >= 4 is 15.8 Å². The van der Waals surface area contributed by atoms with Crippen molar-refractivity contribution in [3.63, 3.8) is 0 Å². The molecule has 0 atom stereocenters. The molecule has 7 heteroatoms. The first-order valence-corrected chi connectivity index (χ1v) is 6.33. The van der Waals surface area contributed by atoms with Crippen molar-refractivity contribution in [2.45, 2.75) is 6.54 Å². The molecule has 15 heavy (non-hydrogen) atoms. The maximum Gasteiger partial charge on any atom is 0.200 e. The number of imidazole rings is 1. The van der Waals surface area contributed by atoms with Crippen LogP contribution in [0.4, 0.5) is 5.95 Å². The summed E-state index contributed by atoms with van der Waals surface area (Å²) in [7, 11) is -1.59. The number of anilines is 1. The molecule has 0 saturated carbocycles. The number of rotatable bonds is 6. The molecule has 0 saturated heterocycles. The first kappa shape index (κ1) is 12.0. The Morgan fingerprint density at radius 1 is 1.53 bits per heavy atom. The van der Waals surface area contributed by atoms with Crippen LogP contribution in [0.2, 0.25) is 0 Å². The van der Waals surface area contributed by atoms with Crippen LogP contribution >= 0.6 is 0 Å². The van der Waals surface area contributed by atoms with Gasteiger partial charge in [-0.2, -0.15) is 0 Å². The lowest BCUT2D eigenvalue weighted by molar-refractivity contribution is 0.217. The van der Waals surface area contributed by atoms with Crippen LogP contribution in [0, 0.1) is 0 Å². The number of nitrogens with zero attached hydrogens (tertiary/aromatic N) is 2. The summed E-state index contributed by atoms with van der Waals surface area (Å²) in [6, 6.07) is 0. The van der Waals surface area contributed by atoms with Crippen molar-refractivity contribution in [1.82, 2.24) is 9.55 Å². The molecule has 0 unspecified atom stereocenters. The predicted molar refractivity (Wildman–Crippen MR) is 57.2 cm³/mol. The SMILES string of the molecule is COCCS(=O)(=O)CCn1ccnc1N. The van der Waals surface area contributed by atoms with E-state index in [0.29, 0.717) is 12.5 Å². The van der Waals surface area contributed by atoms with Gasteiger partial charge in [0.2, 0.25) is 0 Å². The van der Waals surface area contributed by atoms with Crippen LogP contribution in [-0.2, 0) is 21.1 Å². The average Bonchev–Trinajstić information content (AvgIpc) is 2.58. The molecule has 0 aliphatic carbocycles. The van der Waals surface area contributed by atoms with Gasteiger partial charge in [-0.3, -0.25) is 0 Å². The van der Waals surface area contributed by atoms with Crippen LogP contribution in [-0.4, -0.2) is 43.2 Å². The molecular weight excluding hydrogens is 218 g/mol. The monoisotopic (exact) mass is 233 g/mol. The summed E-state index contributed by atoms with van der Waals surface area (Å²) >= 11 is 0. The van der Waals surface area contributed by atoms with E-state index in [1.807, 2.05) is 0 Å². The van der Waals surface area contributed by atoms with Crippen LogP contribution < -0.4 is 5.73 Å². The summed E-state index contributed by atoms with van der Waals surface area (Å²) in [5.74, 6) is 0.423. The van der Waals surface area contributed by atoms with Crippen LogP contribution in [0.15, 0.2) is 12.4 Å². The molecule has 6 nitrogen and oxygen atoms in total. The summed E-state index contributed by atoms with van der Waals surface area (Å²) in [5, 5.41) is 0. The van der Waals surface area contributed by atoms with Gasteiger partial charge in [0.05, 0.1) is 18.1 Å². The Kier molecular flexibility index (Phi) is 4.10. The smallest absolute Gasteiger partial charge is 0.200 e. The van der Waals surface area contributed by atoms with Crippen LogP contribution in [0.25, 0.3) is 0 Å². The van der Waals surface area contributed by atoms with Gasteiger partial charge in [-0.15, -0.1) is 0 Å². The fourth-order valence-electron chi connectivity index (χ4n) is 1.08. The standard InChI is InChI=1S/C8H15N3O3S/c1-14-5-7-15(12,13)6-4-11-3-2-10-8(11)9/h2-3H,4-7H2,1H3,(H2,9,10). The maximum atomic E-state index is 11.4. The summed E-state index contributed by atoms with van der Waals surface area (Å²) in [6.45, 7) is 0.555. The second-order valence-electron chi connectivity index (χ2n) is 3.12. The first-order chi connectivity index (χ1) is 7.05. The van der Waals surface area contributed by atoms with Crippen molar-refractivity contribution in [2.75, 3.05) is 31.0 Å². The van der Waals surface area contributed by atoms with E-state index in [2.05, 4.69) is 4.98 Å². The topological polar surface area (TPSA) is 87.2 Å². The number of nitrogen functional groups attached to an aromatic ring is 1. The summed E-state index contributed by atoms with van der Waals surface area (Å²) in [4.78, 5) is 3.80. The summed E-state index contributed by atoms with van der Waals surface area (Å²) < 4.78 is 29.2. The van der Waals surface area contributed by atoms with Gasteiger partial charge in [0, 0.05) is 26.0 Å². The minimum absolute atomic E-state index is 0.0398. The van der Waals surface area contributed by atoms with Crippen molar-refractivity contribution in [3.8, 4) is 0 Å². The zero-order chi connectivity index (χ0) is 11.3. The highest BCUT2D eigenvalue weighted by Crippen LogP contribution is 2.00. The molecule has 0 bridgehead atoms. The Balaban J connectivity index is 2.46. The fourth-order valence-corrected chi connectivity index (χ4v) is 2.18. The molecule has 0 spiro atoms. The molecule has 1 heterocycles. The van der Waals surface area contributed by atoms with E-state index in [1.165, 1.54) is 13.3 Å². The van der Waals surface area contributed by atoms with Gasteiger partial charge >= 0.3 is 0 Å². The lowest BCUT2D eigenvalue weighted by Crippen LogP contribution is -2.19. The van der Waals surface area contributed by atoms with Crippen molar-refractivity contribution < 1.29 is 13.2 Å². The van der Waals surface area contributed by atoms with Crippen LogP contribution in [0.3, 0.4) is 0 Å². The van der Waals surface area contributed by atoms with Gasteiger partial charge in [-0.05, 0) is 0 Å². The molecule has 0 aromatic carbocycles. The predicted octanol–water partition coefficient (Wildman–Crippen LogP) is -0.473. The number of sulfone groups is 1. The minimum Gasteiger partial charge on any atom is -0.384 e. The number of hydrogen-bond acceptors (Lipinski definition) is 5. The molecule has 0 fully saturated rings. The summed E-state index contributed by atoms with van der Waals surface area (Å²) in [6.07, 6.45) is 3.19. The molecule has 86 valence electrons. The van der Waals surface area contributed by atoms with Crippen molar-refractivity contribution in [2.24, 2.45) is 0 Å². The van der Waals surface area contributed by atoms with Gasteiger partial charge in [0.25, 0.3) is 0 Å². The lowest BCUT2D eigenvalue weighted by atomic mass is 10.7. The highest BCUT2D eigenvalue weighted by molar-refractivity contribution is 7.91. The largest absolute Gasteiger partial charge is 0.384 e. The van der Waals surface area contributed by atoms with E-state index in [-0.39, 0.29) is 18.1 Å². The Morgan fingerprint density at radius 3 is 2.80 bits per heavy atom. The third-order valence-electron chi connectivity index (χ3n) is 1.99. The van der Waals surface area contributed by atoms with E-state index < -0.39 is 9.84 Å². The van der Waals surface area contributed by atoms with Gasteiger partial charge < -0.3 is 15.0 Å². The quantitative estimate of drug-likeness (QED) is 0.717. The van der Waals surface area contributed by atoms with Crippen LogP contribution in [0.5, 0.6) is 0 Å². The molecule has 1 aromatic heterocycles. The van der Waals surface area contributed by atoms with E-state index in [0.717, 1.165) is 0 Å². The van der Waals surface area contributed by atoms with Gasteiger partial charge in [0.15, 0.2) is 15.8 Å². The first-order valence-electron chi connectivity index (χ1n) is 4.51. The maximum absolute atomic E-state index is 11.4. The van der Waals surface area contributed by atoms with E-state index in [1.54, 1.807) is 10.8 Å². The van der Waals surface area contributed by atoms with E-state index in [4.69, 9.17) is 10.5 Å². The zero-order valence-corrected chi connectivity index (χ0v) is 9.40. The Bertz CT molecular complexity index is 399. The highest BCUT2D eigenvalue weighted by Gasteiger charge is 2.11. The zero-order valence-electron chi connectivity index (χ0n) is 8.59. The molecule has 2 N–H and O–H groups in total. The number of aryl methyl sites for hydroxylation is 1. The normalized spacial score (nSPS) is 11.8. The Labute approximate surface area is 89.0 Å². The molecule has 0 aliphatic rings. The number of ether oxygens (including phenoxy) is 1. The van der Waals surface area contributed by atoms with Crippen LogP contribution in [0.1, 0.15) is 0 Å². The van der Waals surface area contributed by atoms with Gasteiger partial charge in [-0.1, -0.05) is 0 Å². The molecular formula is C8H15N3O3S. The van der Waals surface area contributed by atoms with Crippen molar-refractivity contribution in [1.29, 1.82) is 0 Å². The molecule has 0 amide bonds. The number of nitrogens with two attached hydrogens (primary N) is 1. The highest BCUT2D eigenvalue weighted by atomic mass is 32.2. The van der Waals surface area contributed by atoms with E-state index in [9.17, 15) is 8.42 Å². The third kappa shape index (κ3) is 3.88. The number of methoxy groups -OCH3 is 1. The molecule has 0 radical (unpaired) electrons. The fraction of sp³-hybridized carbons (Fsp3) is 0.625. The lowest BCUT2D eigenvalue weighted by Gasteiger charge is -2.05. The van der Waals surface area contributed by atoms with Gasteiger partial charge in [-0.25, -0.2) is 13.4 Å². The van der Waals surface area contributed by atoms with E-state index >= 15 is 0 Å². The Morgan fingerprint density at radius 2 is 2.27 bits per heavy atom.